The number of rotatable bonds is 5. The maximum Gasteiger partial charge on any atom is 0.139 e. The first kappa shape index (κ1) is 17.4. The van der Waals surface area contributed by atoms with Gasteiger partial charge in [0, 0.05) is 18.6 Å². The van der Waals surface area contributed by atoms with E-state index in [9.17, 15) is 4.79 Å². The molecule has 25 heavy (non-hydrogen) atoms. The first-order chi connectivity index (χ1) is 12.0. The summed E-state index contributed by atoms with van der Waals surface area (Å²) in [5.41, 5.74) is 3.47. The van der Waals surface area contributed by atoms with Crippen LogP contribution in [0.25, 0.3) is 0 Å². The van der Waals surface area contributed by atoms with Gasteiger partial charge < -0.3 is 0 Å². The molecule has 0 unspecified atom stereocenters. The lowest BCUT2D eigenvalue weighted by molar-refractivity contribution is -0.120. The van der Waals surface area contributed by atoms with Crippen molar-refractivity contribution >= 4 is 11.5 Å². The van der Waals surface area contributed by atoms with E-state index in [1.54, 1.807) is 0 Å². The van der Waals surface area contributed by atoms with E-state index in [0.717, 1.165) is 25.2 Å². The Labute approximate surface area is 150 Å². The van der Waals surface area contributed by atoms with Crippen LogP contribution in [-0.4, -0.2) is 16.5 Å². The fraction of sp³-hybridized carbons (Fsp3) is 0.364. The van der Waals surface area contributed by atoms with E-state index in [2.05, 4.69) is 67.4 Å². The predicted molar refractivity (Wildman–Crippen MR) is 102 cm³/mol. The van der Waals surface area contributed by atoms with Crippen molar-refractivity contribution in [2.45, 2.75) is 46.2 Å². The molecular formula is C22H26N2O. The maximum absolute atomic E-state index is 12.1. The van der Waals surface area contributed by atoms with Crippen molar-refractivity contribution in [3.63, 3.8) is 0 Å². The average molecular weight is 334 g/mol. The van der Waals surface area contributed by atoms with Crippen molar-refractivity contribution < 1.29 is 4.79 Å². The first-order valence-corrected chi connectivity index (χ1v) is 8.91. The van der Waals surface area contributed by atoms with Crippen molar-refractivity contribution in [1.29, 1.82) is 0 Å². The Morgan fingerprint density at radius 3 is 1.88 bits per heavy atom. The molecule has 3 rings (SSSR count). The maximum atomic E-state index is 12.1. The molecule has 0 heterocycles. The summed E-state index contributed by atoms with van der Waals surface area (Å²) in [6.45, 7) is 5.79. The summed E-state index contributed by atoms with van der Waals surface area (Å²) in [6.07, 6.45) is 2.03. The highest BCUT2D eigenvalue weighted by molar-refractivity contribution is 6.04. The van der Waals surface area contributed by atoms with Gasteiger partial charge in [0.1, 0.15) is 5.78 Å². The summed E-state index contributed by atoms with van der Waals surface area (Å²) in [6, 6.07) is 20.7. The van der Waals surface area contributed by atoms with Crippen LogP contribution in [0.15, 0.2) is 65.8 Å². The minimum atomic E-state index is 0.0132. The Morgan fingerprint density at radius 2 is 1.40 bits per heavy atom. The number of benzene rings is 2. The second kappa shape index (κ2) is 7.64. The molecule has 0 aliphatic heterocycles. The van der Waals surface area contributed by atoms with Crippen LogP contribution in [0.4, 0.5) is 0 Å². The minimum Gasteiger partial charge on any atom is -0.299 e. The molecule has 2 aromatic rings. The third-order valence-corrected chi connectivity index (χ3v) is 4.46. The molecule has 130 valence electrons. The van der Waals surface area contributed by atoms with Gasteiger partial charge >= 0.3 is 0 Å². The first-order valence-electron chi connectivity index (χ1n) is 8.91. The molecule has 1 saturated carbocycles. The molecule has 0 bridgehead atoms. The zero-order chi connectivity index (χ0) is 17.7. The molecular weight excluding hydrogens is 308 g/mol. The zero-order valence-corrected chi connectivity index (χ0v) is 15.1. The Bertz CT molecular complexity index is 694. The lowest BCUT2D eigenvalue weighted by Crippen LogP contribution is -2.31. The summed E-state index contributed by atoms with van der Waals surface area (Å²) in [7, 11) is 0. The summed E-state index contributed by atoms with van der Waals surface area (Å²) < 4.78 is 0. The monoisotopic (exact) mass is 334 g/mol. The standard InChI is InChI=1S/C22H26N2O/c1-22(2)14-20(13-21(25)15-22)23-24(16-18-9-5-3-6-10-18)17-19-11-7-4-8-12-19/h3-12H,13-17H2,1-2H3. The SMILES string of the molecule is CC1(C)CC(=O)CC(=NN(Cc2ccccc2)Cc2ccccc2)C1. The number of nitrogens with zero attached hydrogens (tertiary/aromatic N) is 2. The van der Waals surface area contributed by atoms with Crippen molar-refractivity contribution in [3.05, 3.63) is 71.8 Å². The number of carbonyl (C=O) groups is 1. The van der Waals surface area contributed by atoms with Gasteiger partial charge in [-0.05, 0) is 23.0 Å². The summed E-state index contributed by atoms with van der Waals surface area (Å²) in [5, 5.41) is 6.99. The van der Waals surface area contributed by atoms with Gasteiger partial charge in [-0.15, -0.1) is 0 Å². The molecule has 1 aliphatic carbocycles. The smallest absolute Gasteiger partial charge is 0.139 e. The van der Waals surface area contributed by atoms with Crippen LogP contribution in [-0.2, 0) is 17.9 Å². The van der Waals surface area contributed by atoms with Crippen molar-refractivity contribution in [2.24, 2.45) is 10.5 Å². The lowest BCUT2D eigenvalue weighted by atomic mass is 9.76. The average Bonchev–Trinajstić information content (AvgIpc) is 2.54. The fourth-order valence-electron chi connectivity index (χ4n) is 3.49. The summed E-state index contributed by atoms with van der Waals surface area (Å²) in [4.78, 5) is 12.1. The molecule has 0 atom stereocenters. The van der Waals surface area contributed by atoms with Crippen LogP contribution < -0.4 is 0 Å². The fourth-order valence-corrected chi connectivity index (χ4v) is 3.49. The van der Waals surface area contributed by atoms with Crippen LogP contribution in [0.2, 0.25) is 0 Å². The van der Waals surface area contributed by atoms with Gasteiger partial charge in [-0.25, -0.2) is 0 Å². The highest BCUT2D eigenvalue weighted by Gasteiger charge is 2.30. The van der Waals surface area contributed by atoms with Gasteiger partial charge in [-0.3, -0.25) is 9.80 Å². The Hall–Kier alpha value is -2.42. The molecule has 0 radical (unpaired) electrons. The van der Waals surface area contributed by atoms with E-state index >= 15 is 0 Å². The molecule has 0 aromatic heterocycles. The van der Waals surface area contributed by atoms with E-state index < -0.39 is 0 Å². The third-order valence-electron chi connectivity index (χ3n) is 4.46. The Kier molecular flexibility index (Phi) is 5.32. The van der Waals surface area contributed by atoms with Crippen LogP contribution in [0, 0.1) is 5.41 Å². The molecule has 3 heteroatoms. The number of hydrazone groups is 1. The van der Waals surface area contributed by atoms with Gasteiger partial charge in [0.15, 0.2) is 0 Å². The Morgan fingerprint density at radius 1 is 0.880 bits per heavy atom. The normalized spacial score (nSPS) is 18.3. The van der Waals surface area contributed by atoms with Crippen LogP contribution in [0.1, 0.15) is 44.2 Å². The molecule has 3 nitrogen and oxygen atoms in total. The number of Topliss-reactive ketones (excluding diaryl/α,β-unsaturated/α-hetero) is 1. The second-order valence-electron chi connectivity index (χ2n) is 7.69. The van der Waals surface area contributed by atoms with Crippen LogP contribution in [0.3, 0.4) is 0 Å². The second-order valence-corrected chi connectivity index (χ2v) is 7.69. The lowest BCUT2D eigenvalue weighted by Gasteiger charge is -2.31. The zero-order valence-electron chi connectivity index (χ0n) is 15.1. The third kappa shape index (κ3) is 5.28. The predicted octanol–water partition coefficient (Wildman–Crippen LogP) is 4.82. The van der Waals surface area contributed by atoms with Crippen molar-refractivity contribution in [1.82, 2.24) is 5.01 Å². The van der Waals surface area contributed by atoms with Gasteiger partial charge in [0.25, 0.3) is 0 Å². The summed E-state index contributed by atoms with van der Waals surface area (Å²) in [5.74, 6) is 0.300. The highest BCUT2D eigenvalue weighted by atomic mass is 16.1. The van der Waals surface area contributed by atoms with E-state index in [4.69, 9.17) is 5.10 Å². The Balaban J connectivity index is 1.82. The molecule has 0 saturated heterocycles. The number of ketones is 1. The van der Waals surface area contributed by atoms with Gasteiger partial charge in [-0.1, -0.05) is 74.5 Å². The largest absolute Gasteiger partial charge is 0.299 e. The molecule has 2 aromatic carbocycles. The van der Waals surface area contributed by atoms with E-state index in [-0.39, 0.29) is 5.41 Å². The van der Waals surface area contributed by atoms with Crippen molar-refractivity contribution in [2.75, 3.05) is 0 Å². The quantitative estimate of drug-likeness (QED) is 0.734. The summed E-state index contributed by atoms with van der Waals surface area (Å²) >= 11 is 0. The number of carbonyl (C=O) groups excluding carboxylic acids is 1. The molecule has 0 spiro atoms. The van der Waals surface area contributed by atoms with Gasteiger partial charge in [0.05, 0.1) is 13.1 Å². The number of hydrogen-bond acceptors (Lipinski definition) is 3. The van der Waals surface area contributed by atoms with Crippen LogP contribution in [0.5, 0.6) is 0 Å². The molecule has 1 fully saturated rings. The van der Waals surface area contributed by atoms with E-state index in [1.807, 2.05) is 12.1 Å². The number of hydrogen-bond donors (Lipinski definition) is 0. The molecule has 0 amide bonds. The van der Waals surface area contributed by atoms with Gasteiger partial charge in [-0.2, -0.15) is 5.10 Å². The molecule has 0 N–H and O–H groups in total. The topological polar surface area (TPSA) is 32.7 Å². The minimum absolute atomic E-state index is 0.0132. The van der Waals surface area contributed by atoms with Gasteiger partial charge in [0.2, 0.25) is 0 Å². The highest BCUT2D eigenvalue weighted by Crippen LogP contribution is 2.32. The van der Waals surface area contributed by atoms with E-state index in [1.165, 1.54) is 11.1 Å². The van der Waals surface area contributed by atoms with Crippen molar-refractivity contribution in [3.8, 4) is 0 Å². The van der Waals surface area contributed by atoms with Crippen LogP contribution >= 0.6 is 0 Å². The van der Waals surface area contributed by atoms with E-state index in [0.29, 0.717) is 18.6 Å². The molecule has 1 aliphatic rings.